The number of hydrogen-bond acceptors (Lipinski definition) is 3. The molecule has 3 rings (SSSR count). The summed E-state index contributed by atoms with van der Waals surface area (Å²) in [6.07, 6.45) is -0.734. The van der Waals surface area contributed by atoms with Crippen LogP contribution in [0, 0.1) is 0 Å². The molecule has 1 aromatic heterocycles. The molecule has 0 radical (unpaired) electrons. The maximum absolute atomic E-state index is 12.8. The first-order valence-electron chi connectivity index (χ1n) is 8.09. The van der Waals surface area contributed by atoms with E-state index in [1.807, 2.05) is 6.07 Å². The Morgan fingerprint density at radius 1 is 1.04 bits per heavy atom. The molecule has 7 heteroatoms. The molecule has 134 valence electrons. The van der Waals surface area contributed by atoms with Gasteiger partial charge in [0.25, 0.3) is 0 Å². The molecule has 1 saturated heterocycles. The molecule has 2 heterocycles. The van der Waals surface area contributed by atoms with Gasteiger partial charge in [0.05, 0.1) is 18.1 Å². The van der Waals surface area contributed by atoms with Crippen LogP contribution in [0.5, 0.6) is 0 Å². The smallest absolute Gasteiger partial charge is 0.416 e. The Morgan fingerprint density at radius 3 is 2.60 bits per heavy atom. The molecule has 1 fully saturated rings. The number of hydrogen-bond donors (Lipinski definition) is 0. The Morgan fingerprint density at radius 2 is 1.88 bits per heavy atom. The number of rotatable bonds is 4. The van der Waals surface area contributed by atoms with Crippen LogP contribution in [0.3, 0.4) is 0 Å². The van der Waals surface area contributed by atoms with Crippen molar-refractivity contribution in [2.45, 2.75) is 25.7 Å². The molecular formula is C18H19F3N2O2. The highest BCUT2D eigenvalue weighted by Gasteiger charge is 2.30. The van der Waals surface area contributed by atoms with E-state index in [9.17, 15) is 18.0 Å². The zero-order chi connectivity index (χ0) is 17.9. The van der Waals surface area contributed by atoms with Crippen molar-refractivity contribution in [2.24, 2.45) is 0 Å². The summed E-state index contributed by atoms with van der Waals surface area (Å²) in [5.74, 6) is -0.0351. The summed E-state index contributed by atoms with van der Waals surface area (Å²) < 4.78 is 43.5. The van der Waals surface area contributed by atoms with Gasteiger partial charge in [-0.05, 0) is 23.8 Å². The van der Waals surface area contributed by atoms with E-state index in [1.165, 1.54) is 6.07 Å². The maximum Gasteiger partial charge on any atom is 0.416 e. The molecule has 0 saturated carbocycles. The predicted octanol–water partition coefficient (Wildman–Crippen LogP) is 3.53. The molecular weight excluding hydrogens is 333 g/mol. The lowest BCUT2D eigenvalue weighted by molar-refractivity contribution is -0.137. The summed E-state index contributed by atoms with van der Waals surface area (Å²) in [7, 11) is 0. The second-order valence-corrected chi connectivity index (χ2v) is 6.17. The van der Waals surface area contributed by atoms with E-state index in [0.717, 1.165) is 17.7 Å². The highest BCUT2D eigenvalue weighted by Crippen LogP contribution is 2.29. The molecule has 25 heavy (non-hydrogen) atoms. The summed E-state index contributed by atoms with van der Waals surface area (Å²) in [5.41, 5.74) is 0.846. The Labute approximate surface area is 143 Å². The van der Waals surface area contributed by atoms with E-state index in [0.29, 0.717) is 38.2 Å². The van der Waals surface area contributed by atoms with E-state index >= 15 is 0 Å². The van der Waals surface area contributed by atoms with Crippen LogP contribution in [0.2, 0.25) is 0 Å². The van der Waals surface area contributed by atoms with Gasteiger partial charge in [-0.15, -0.1) is 0 Å². The topological polar surface area (TPSA) is 36.7 Å². The second-order valence-electron chi connectivity index (χ2n) is 6.17. The van der Waals surface area contributed by atoms with Gasteiger partial charge in [0.15, 0.2) is 0 Å². The minimum Gasteiger partial charge on any atom is -0.472 e. The highest BCUT2D eigenvalue weighted by atomic mass is 19.4. The number of nitrogens with zero attached hydrogens (tertiary/aromatic N) is 2. The van der Waals surface area contributed by atoms with Crippen molar-refractivity contribution in [3.8, 4) is 0 Å². The van der Waals surface area contributed by atoms with Crippen molar-refractivity contribution >= 4 is 5.91 Å². The molecule has 4 nitrogen and oxygen atoms in total. The number of halogens is 3. The Hall–Kier alpha value is -2.28. The highest BCUT2D eigenvalue weighted by molar-refractivity contribution is 5.76. The van der Waals surface area contributed by atoms with Gasteiger partial charge in [0.1, 0.15) is 0 Å². The predicted molar refractivity (Wildman–Crippen MR) is 85.5 cm³/mol. The van der Waals surface area contributed by atoms with Crippen molar-refractivity contribution < 1.29 is 22.4 Å². The third-order valence-electron chi connectivity index (χ3n) is 4.29. The Kier molecular flexibility index (Phi) is 5.13. The fourth-order valence-corrected chi connectivity index (χ4v) is 2.94. The van der Waals surface area contributed by atoms with Gasteiger partial charge >= 0.3 is 6.18 Å². The normalized spacial score (nSPS) is 16.9. The van der Waals surface area contributed by atoms with Crippen LogP contribution in [-0.4, -0.2) is 35.3 Å². The minimum absolute atomic E-state index is 0.0351. The Bertz CT molecular complexity index is 713. The van der Waals surface area contributed by atoms with Crippen molar-refractivity contribution in [1.29, 1.82) is 0 Å². The van der Waals surface area contributed by atoms with Gasteiger partial charge in [-0.25, -0.2) is 0 Å². The van der Waals surface area contributed by atoms with E-state index in [4.69, 9.17) is 4.42 Å². The lowest BCUT2D eigenvalue weighted by Crippen LogP contribution is -2.32. The summed E-state index contributed by atoms with van der Waals surface area (Å²) in [4.78, 5) is 16.1. The van der Waals surface area contributed by atoms with Crippen LogP contribution in [0.25, 0.3) is 0 Å². The third kappa shape index (κ3) is 4.63. The van der Waals surface area contributed by atoms with Gasteiger partial charge in [-0.2, -0.15) is 13.2 Å². The number of benzene rings is 1. The summed E-state index contributed by atoms with van der Waals surface area (Å²) in [5, 5.41) is 0. The zero-order valence-electron chi connectivity index (χ0n) is 13.6. The molecule has 1 amide bonds. The van der Waals surface area contributed by atoms with Crippen LogP contribution in [-0.2, 0) is 24.1 Å². The van der Waals surface area contributed by atoms with Crippen molar-refractivity contribution in [3.63, 3.8) is 0 Å². The average molecular weight is 352 g/mol. The van der Waals surface area contributed by atoms with Gasteiger partial charge in [0.2, 0.25) is 5.91 Å². The van der Waals surface area contributed by atoms with Crippen LogP contribution in [0.4, 0.5) is 13.2 Å². The van der Waals surface area contributed by atoms with Crippen LogP contribution < -0.4 is 0 Å². The molecule has 1 aromatic carbocycles. The van der Waals surface area contributed by atoms with E-state index in [1.54, 1.807) is 23.5 Å². The first-order chi connectivity index (χ1) is 11.9. The molecule has 0 unspecified atom stereocenters. The van der Waals surface area contributed by atoms with Gasteiger partial charge in [0, 0.05) is 44.7 Å². The summed E-state index contributed by atoms with van der Waals surface area (Å²) >= 11 is 0. The number of amides is 1. The first-order valence-corrected chi connectivity index (χ1v) is 8.09. The number of carbonyl (C=O) groups is 1. The molecule has 1 aliphatic heterocycles. The quantitative estimate of drug-likeness (QED) is 0.845. The van der Waals surface area contributed by atoms with Gasteiger partial charge < -0.3 is 9.32 Å². The SMILES string of the molecule is O=C1CCN(Cc2ccoc2)CCN1Cc1cccc(C(F)(F)F)c1. The summed E-state index contributed by atoms with van der Waals surface area (Å²) in [6.45, 7) is 2.69. The standard InChI is InChI=1S/C18H19F3N2O2/c19-18(20,21)16-3-1-2-14(10-16)12-23-8-7-22(6-4-17(23)24)11-15-5-9-25-13-15/h1-3,5,9-10,13H,4,6-8,11-12H2. The largest absolute Gasteiger partial charge is 0.472 e. The third-order valence-corrected chi connectivity index (χ3v) is 4.29. The number of furan rings is 1. The maximum atomic E-state index is 12.8. The monoisotopic (exact) mass is 352 g/mol. The fraction of sp³-hybridized carbons (Fsp3) is 0.389. The van der Waals surface area contributed by atoms with E-state index in [-0.39, 0.29) is 12.5 Å². The molecule has 2 aromatic rings. The lowest BCUT2D eigenvalue weighted by Gasteiger charge is -2.22. The molecule has 0 atom stereocenters. The molecule has 0 N–H and O–H groups in total. The number of carbonyl (C=O) groups excluding carboxylic acids is 1. The molecule has 0 bridgehead atoms. The minimum atomic E-state index is -4.37. The van der Waals surface area contributed by atoms with Crippen LogP contribution in [0.1, 0.15) is 23.1 Å². The average Bonchev–Trinajstić information content (AvgIpc) is 3.02. The van der Waals surface area contributed by atoms with Crippen LogP contribution in [0.15, 0.2) is 47.3 Å². The van der Waals surface area contributed by atoms with Crippen molar-refractivity contribution in [1.82, 2.24) is 9.80 Å². The van der Waals surface area contributed by atoms with E-state index in [2.05, 4.69) is 4.90 Å². The van der Waals surface area contributed by atoms with Gasteiger partial charge in [-0.3, -0.25) is 9.69 Å². The number of alkyl halides is 3. The second kappa shape index (κ2) is 7.31. The van der Waals surface area contributed by atoms with E-state index < -0.39 is 11.7 Å². The van der Waals surface area contributed by atoms with Gasteiger partial charge in [-0.1, -0.05) is 12.1 Å². The lowest BCUT2D eigenvalue weighted by atomic mass is 10.1. The molecule has 1 aliphatic rings. The fourth-order valence-electron chi connectivity index (χ4n) is 2.94. The summed E-state index contributed by atoms with van der Waals surface area (Å²) in [6, 6.07) is 7.04. The van der Waals surface area contributed by atoms with Crippen LogP contribution >= 0.6 is 0 Å². The van der Waals surface area contributed by atoms with Crippen molar-refractivity contribution in [3.05, 3.63) is 59.5 Å². The Balaban J connectivity index is 1.64. The molecule has 0 aliphatic carbocycles. The van der Waals surface area contributed by atoms with Crippen molar-refractivity contribution in [2.75, 3.05) is 19.6 Å². The first kappa shape index (κ1) is 17.5. The zero-order valence-corrected chi connectivity index (χ0v) is 13.6. The molecule has 0 spiro atoms.